The highest BCUT2D eigenvalue weighted by atomic mass is 14.8. The molecule has 1 aromatic heterocycles. The summed E-state index contributed by atoms with van der Waals surface area (Å²) in [7, 11) is 0. The predicted molar refractivity (Wildman–Crippen MR) is 54.6 cm³/mol. The van der Waals surface area contributed by atoms with Crippen molar-refractivity contribution in [3.05, 3.63) is 23.3 Å². The summed E-state index contributed by atoms with van der Waals surface area (Å²) < 4.78 is 0. The van der Waals surface area contributed by atoms with E-state index in [9.17, 15) is 0 Å². The van der Waals surface area contributed by atoms with Crippen LogP contribution in [0.15, 0.2) is 6.20 Å². The summed E-state index contributed by atoms with van der Waals surface area (Å²) in [6.45, 7) is 8.26. The van der Waals surface area contributed by atoms with Crippen LogP contribution in [0.2, 0.25) is 0 Å². The molecule has 0 fully saturated rings. The molecule has 0 amide bonds. The lowest BCUT2D eigenvalue weighted by molar-refractivity contribution is 0.405. The number of nitrogens with zero attached hydrogens (tertiary/aromatic N) is 3. The first-order valence-electron chi connectivity index (χ1n) is 4.65. The van der Waals surface area contributed by atoms with Crippen molar-refractivity contribution < 1.29 is 0 Å². The van der Waals surface area contributed by atoms with Crippen LogP contribution in [0.5, 0.6) is 0 Å². The minimum absolute atomic E-state index is 0.133. The fourth-order valence-electron chi connectivity index (χ4n) is 1.25. The number of nitriles is 1. The second-order valence-corrected chi connectivity index (χ2v) is 4.66. The quantitative estimate of drug-likeness (QED) is 0.680. The molecular weight excluding hydrogens is 174 g/mol. The molecule has 1 rings (SSSR count). The van der Waals surface area contributed by atoms with Crippen LogP contribution < -0.4 is 0 Å². The van der Waals surface area contributed by atoms with E-state index in [-0.39, 0.29) is 5.41 Å². The molecule has 0 bridgehead atoms. The monoisotopic (exact) mass is 189 g/mol. The van der Waals surface area contributed by atoms with E-state index in [0.717, 1.165) is 17.8 Å². The molecule has 0 unspecified atom stereocenters. The van der Waals surface area contributed by atoms with Crippen molar-refractivity contribution in [2.75, 3.05) is 0 Å². The zero-order chi connectivity index (χ0) is 10.8. The van der Waals surface area contributed by atoms with E-state index >= 15 is 0 Å². The third kappa shape index (κ3) is 2.81. The van der Waals surface area contributed by atoms with Crippen LogP contribution in [-0.2, 0) is 6.42 Å². The Bertz CT molecular complexity index is 369. The maximum Gasteiger partial charge on any atom is 0.161 e. The van der Waals surface area contributed by atoms with Crippen LogP contribution in [-0.4, -0.2) is 9.97 Å². The average molecular weight is 189 g/mol. The lowest BCUT2D eigenvalue weighted by Gasteiger charge is -2.17. The number of hydrogen-bond acceptors (Lipinski definition) is 3. The summed E-state index contributed by atoms with van der Waals surface area (Å²) in [6, 6.07) is 2.07. The van der Waals surface area contributed by atoms with Crippen molar-refractivity contribution in [3.63, 3.8) is 0 Å². The molecule has 3 heteroatoms. The topological polar surface area (TPSA) is 49.6 Å². The van der Waals surface area contributed by atoms with Crippen LogP contribution in [0, 0.1) is 23.7 Å². The maximum absolute atomic E-state index is 8.85. The molecule has 0 atom stereocenters. The first-order valence-corrected chi connectivity index (χ1v) is 4.65. The van der Waals surface area contributed by atoms with Gasteiger partial charge in [0, 0.05) is 6.20 Å². The van der Waals surface area contributed by atoms with Gasteiger partial charge >= 0.3 is 0 Å². The highest BCUT2D eigenvalue weighted by Gasteiger charge is 2.16. The van der Waals surface area contributed by atoms with Crippen LogP contribution in [0.4, 0.5) is 0 Å². The van der Waals surface area contributed by atoms with Gasteiger partial charge in [0.15, 0.2) is 5.69 Å². The maximum atomic E-state index is 8.85. The van der Waals surface area contributed by atoms with Gasteiger partial charge < -0.3 is 0 Å². The second kappa shape index (κ2) is 3.75. The summed E-state index contributed by atoms with van der Waals surface area (Å²) >= 11 is 0. The SMILES string of the molecule is Cc1cnc(C#N)c(CC(C)(C)C)n1. The summed E-state index contributed by atoms with van der Waals surface area (Å²) in [4.78, 5) is 8.40. The first-order chi connectivity index (χ1) is 6.42. The lowest BCUT2D eigenvalue weighted by atomic mass is 9.90. The van der Waals surface area contributed by atoms with Crippen molar-refractivity contribution >= 4 is 0 Å². The molecule has 0 saturated carbocycles. The van der Waals surface area contributed by atoms with Gasteiger partial charge in [0.25, 0.3) is 0 Å². The molecule has 14 heavy (non-hydrogen) atoms. The lowest BCUT2D eigenvalue weighted by Crippen LogP contribution is -2.13. The molecule has 3 nitrogen and oxygen atoms in total. The van der Waals surface area contributed by atoms with E-state index in [4.69, 9.17) is 5.26 Å². The van der Waals surface area contributed by atoms with Gasteiger partial charge in [-0.25, -0.2) is 4.98 Å². The van der Waals surface area contributed by atoms with E-state index in [1.807, 2.05) is 6.92 Å². The second-order valence-electron chi connectivity index (χ2n) is 4.66. The summed E-state index contributed by atoms with van der Waals surface area (Å²) in [5, 5.41) is 8.85. The van der Waals surface area contributed by atoms with Gasteiger partial charge in [0.2, 0.25) is 0 Å². The zero-order valence-corrected chi connectivity index (χ0v) is 9.13. The van der Waals surface area contributed by atoms with E-state index in [2.05, 4.69) is 36.8 Å². The van der Waals surface area contributed by atoms with Crippen molar-refractivity contribution in [1.82, 2.24) is 9.97 Å². The molecule has 74 valence electrons. The Balaban J connectivity index is 3.07. The molecular formula is C11H15N3. The summed E-state index contributed by atoms with van der Waals surface area (Å²) in [5.41, 5.74) is 2.25. The highest BCUT2D eigenvalue weighted by Crippen LogP contribution is 2.20. The molecule has 1 aromatic rings. The van der Waals surface area contributed by atoms with Gasteiger partial charge in [0.05, 0.1) is 11.4 Å². The average Bonchev–Trinajstić information content (AvgIpc) is 2.01. The van der Waals surface area contributed by atoms with Crippen LogP contribution in [0.1, 0.15) is 37.9 Å². The van der Waals surface area contributed by atoms with Gasteiger partial charge in [-0.1, -0.05) is 20.8 Å². The van der Waals surface area contributed by atoms with Crippen molar-refractivity contribution in [1.29, 1.82) is 5.26 Å². The summed E-state index contributed by atoms with van der Waals surface area (Å²) in [5.74, 6) is 0. The fourth-order valence-corrected chi connectivity index (χ4v) is 1.25. The molecule has 0 aromatic carbocycles. The first kappa shape index (κ1) is 10.6. The fraction of sp³-hybridized carbons (Fsp3) is 0.545. The molecule has 0 aliphatic carbocycles. The van der Waals surface area contributed by atoms with Gasteiger partial charge in [-0.05, 0) is 18.8 Å². The smallest absolute Gasteiger partial charge is 0.161 e. The Morgan fingerprint density at radius 2 is 2.07 bits per heavy atom. The third-order valence-corrected chi connectivity index (χ3v) is 1.77. The van der Waals surface area contributed by atoms with Gasteiger partial charge in [-0.2, -0.15) is 5.26 Å². The van der Waals surface area contributed by atoms with Gasteiger partial charge in [-0.3, -0.25) is 4.98 Å². The van der Waals surface area contributed by atoms with Crippen LogP contribution in [0.3, 0.4) is 0 Å². The molecule has 1 heterocycles. The molecule has 0 aliphatic rings. The van der Waals surface area contributed by atoms with Crippen LogP contribution in [0.25, 0.3) is 0 Å². The molecule has 0 saturated heterocycles. The minimum Gasteiger partial charge on any atom is -0.254 e. The van der Waals surface area contributed by atoms with E-state index < -0.39 is 0 Å². The van der Waals surface area contributed by atoms with Gasteiger partial charge in [-0.15, -0.1) is 0 Å². The minimum atomic E-state index is 0.133. The molecule has 0 spiro atoms. The van der Waals surface area contributed by atoms with E-state index in [0.29, 0.717) is 5.69 Å². The normalized spacial score (nSPS) is 11.1. The number of rotatable bonds is 1. The van der Waals surface area contributed by atoms with Crippen molar-refractivity contribution in [3.8, 4) is 6.07 Å². The standard InChI is InChI=1S/C11H15N3/c1-8-7-13-10(6-12)9(14-8)5-11(2,3)4/h7H,5H2,1-4H3. The Labute approximate surface area is 84.8 Å². The van der Waals surface area contributed by atoms with Crippen molar-refractivity contribution in [2.45, 2.75) is 34.1 Å². The highest BCUT2D eigenvalue weighted by molar-refractivity contribution is 5.26. The third-order valence-electron chi connectivity index (χ3n) is 1.77. The molecule has 0 aliphatic heterocycles. The Hall–Kier alpha value is -1.43. The van der Waals surface area contributed by atoms with Crippen molar-refractivity contribution in [2.24, 2.45) is 5.41 Å². The number of aromatic nitrogens is 2. The van der Waals surface area contributed by atoms with E-state index in [1.54, 1.807) is 6.20 Å². The summed E-state index contributed by atoms with van der Waals surface area (Å²) in [6.07, 6.45) is 2.41. The zero-order valence-electron chi connectivity index (χ0n) is 9.13. The Morgan fingerprint density at radius 3 is 2.57 bits per heavy atom. The number of aryl methyl sites for hydroxylation is 1. The Morgan fingerprint density at radius 1 is 1.43 bits per heavy atom. The Kier molecular flexibility index (Phi) is 2.85. The van der Waals surface area contributed by atoms with Gasteiger partial charge in [0.1, 0.15) is 6.07 Å². The molecule has 0 radical (unpaired) electrons. The number of hydrogen-bond donors (Lipinski definition) is 0. The van der Waals surface area contributed by atoms with E-state index in [1.165, 1.54) is 0 Å². The predicted octanol–water partition coefficient (Wildman–Crippen LogP) is 2.25. The van der Waals surface area contributed by atoms with Crippen LogP contribution >= 0.6 is 0 Å². The molecule has 0 N–H and O–H groups in total. The largest absolute Gasteiger partial charge is 0.254 e.